The smallest absolute Gasteiger partial charge is 0.315 e. The lowest BCUT2D eigenvalue weighted by atomic mass is 9.68. The fourth-order valence-electron chi connectivity index (χ4n) is 4.55. The molecule has 1 aliphatic heterocycles. The highest BCUT2D eigenvalue weighted by atomic mass is 32.2. The maximum atomic E-state index is 12.2. The highest BCUT2D eigenvalue weighted by molar-refractivity contribution is 7.91. The van der Waals surface area contributed by atoms with Crippen LogP contribution in [0.5, 0.6) is 0 Å². The van der Waals surface area contributed by atoms with Crippen molar-refractivity contribution in [3.63, 3.8) is 0 Å². The minimum Gasteiger partial charge on any atom is -0.335 e. The van der Waals surface area contributed by atoms with Crippen molar-refractivity contribution in [3.8, 4) is 0 Å². The van der Waals surface area contributed by atoms with Crippen LogP contribution in [-0.2, 0) is 9.84 Å². The van der Waals surface area contributed by atoms with Crippen LogP contribution in [0.3, 0.4) is 0 Å². The first-order valence-corrected chi connectivity index (χ1v) is 10.6. The molecular weight excluding hydrogens is 300 g/mol. The van der Waals surface area contributed by atoms with E-state index in [2.05, 4.69) is 10.6 Å². The Morgan fingerprint density at radius 2 is 1.50 bits per heavy atom. The lowest BCUT2D eigenvalue weighted by molar-refractivity contribution is 0.128. The van der Waals surface area contributed by atoms with Gasteiger partial charge < -0.3 is 10.6 Å². The lowest BCUT2D eigenvalue weighted by Gasteiger charge is -2.41. The average molecular weight is 328 g/mol. The zero-order valence-corrected chi connectivity index (χ0v) is 14.0. The van der Waals surface area contributed by atoms with Gasteiger partial charge >= 0.3 is 6.03 Å². The summed E-state index contributed by atoms with van der Waals surface area (Å²) in [6, 6.07) is 0.223. The van der Waals surface area contributed by atoms with Crippen LogP contribution in [0.2, 0.25) is 0 Å². The number of carbonyl (C=O) groups excluding carboxylic acids is 1. The maximum Gasteiger partial charge on any atom is 0.315 e. The second-order valence-electron chi connectivity index (χ2n) is 7.29. The summed E-state index contributed by atoms with van der Waals surface area (Å²) >= 11 is 0. The molecule has 2 saturated carbocycles. The van der Waals surface area contributed by atoms with E-state index in [1.165, 1.54) is 38.5 Å². The standard InChI is InChI=1S/C16H28N2O3S/c19-16(17-13-8-10-22(20,21)11-9-13)18-15-7-3-5-12-4-1-2-6-14(12)15/h12-15H,1-11H2,(H2,17,18,19). The summed E-state index contributed by atoms with van der Waals surface area (Å²) in [5.74, 6) is 1.85. The Balaban J connectivity index is 1.49. The molecule has 6 heteroatoms. The van der Waals surface area contributed by atoms with Crippen molar-refractivity contribution in [1.82, 2.24) is 10.6 Å². The lowest BCUT2D eigenvalue weighted by Crippen LogP contribution is -2.52. The number of amides is 2. The highest BCUT2D eigenvalue weighted by Gasteiger charge is 2.35. The molecule has 0 radical (unpaired) electrons. The van der Waals surface area contributed by atoms with Crippen molar-refractivity contribution >= 4 is 15.9 Å². The second kappa shape index (κ2) is 6.77. The fraction of sp³-hybridized carbons (Fsp3) is 0.938. The molecule has 1 heterocycles. The number of fused-ring (bicyclic) bond motifs is 1. The normalized spacial score (nSPS) is 35.4. The fourth-order valence-corrected chi connectivity index (χ4v) is 6.04. The Morgan fingerprint density at radius 3 is 2.27 bits per heavy atom. The Bertz CT molecular complexity index is 490. The van der Waals surface area contributed by atoms with E-state index in [4.69, 9.17) is 0 Å². The molecule has 3 atom stereocenters. The number of carbonyl (C=O) groups is 1. The molecule has 5 nitrogen and oxygen atoms in total. The van der Waals surface area contributed by atoms with Gasteiger partial charge in [-0.2, -0.15) is 0 Å². The summed E-state index contributed by atoms with van der Waals surface area (Å²) in [4.78, 5) is 12.2. The summed E-state index contributed by atoms with van der Waals surface area (Å²) in [6.45, 7) is 0. The molecule has 22 heavy (non-hydrogen) atoms. The van der Waals surface area contributed by atoms with Gasteiger partial charge in [-0.3, -0.25) is 0 Å². The van der Waals surface area contributed by atoms with Gasteiger partial charge in [0, 0.05) is 12.1 Å². The molecule has 0 aromatic carbocycles. The van der Waals surface area contributed by atoms with Crippen LogP contribution in [0, 0.1) is 11.8 Å². The number of hydrogen-bond acceptors (Lipinski definition) is 3. The zero-order valence-electron chi connectivity index (χ0n) is 13.2. The SMILES string of the molecule is O=C(NC1CCS(=O)(=O)CC1)NC1CCCC2CCCCC21. The number of nitrogens with one attached hydrogen (secondary N) is 2. The number of rotatable bonds is 2. The minimum absolute atomic E-state index is 0.00858. The van der Waals surface area contributed by atoms with Crippen molar-refractivity contribution in [2.75, 3.05) is 11.5 Å². The number of sulfone groups is 1. The average Bonchev–Trinajstić information content (AvgIpc) is 2.50. The van der Waals surface area contributed by atoms with Crippen LogP contribution in [-0.4, -0.2) is 38.0 Å². The van der Waals surface area contributed by atoms with Gasteiger partial charge in [-0.15, -0.1) is 0 Å². The van der Waals surface area contributed by atoms with Gasteiger partial charge in [-0.05, 0) is 37.5 Å². The van der Waals surface area contributed by atoms with Crippen LogP contribution in [0.1, 0.15) is 57.8 Å². The number of hydrogen-bond donors (Lipinski definition) is 2. The third-order valence-corrected chi connectivity index (χ3v) is 7.50. The molecule has 126 valence electrons. The Hall–Kier alpha value is -0.780. The molecule has 2 amide bonds. The van der Waals surface area contributed by atoms with E-state index >= 15 is 0 Å². The third-order valence-electron chi connectivity index (χ3n) is 5.78. The highest BCUT2D eigenvalue weighted by Crippen LogP contribution is 2.40. The third kappa shape index (κ3) is 3.94. The second-order valence-corrected chi connectivity index (χ2v) is 9.59. The molecule has 3 aliphatic rings. The topological polar surface area (TPSA) is 75.3 Å². The van der Waals surface area contributed by atoms with Gasteiger partial charge in [0.2, 0.25) is 0 Å². The summed E-state index contributed by atoms with van der Waals surface area (Å²) in [7, 11) is -2.87. The molecule has 0 aromatic heterocycles. The van der Waals surface area contributed by atoms with Gasteiger partial charge in [0.05, 0.1) is 11.5 Å². The first-order valence-electron chi connectivity index (χ1n) is 8.81. The predicted molar refractivity (Wildman–Crippen MR) is 86.4 cm³/mol. The van der Waals surface area contributed by atoms with Crippen molar-refractivity contribution in [2.24, 2.45) is 11.8 Å². The summed E-state index contributed by atoms with van der Waals surface area (Å²) in [5.41, 5.74) is 0. The quantitative estimate of drug-likeness (QED) is 0.816. The molecular formula is C16H28N2O3S. The Kier molecular flexibility index (Phi) is 4.95. The first kappa shape index (κ1) is 16.1. The minimum atomic E-state index is -2.87. The monoisotopic (exact) mass is 328 g/mol. The zero-order chi connectivity index (χ0) is 15.6. The van der Waals surface area contributed by atoms with Gasteiger partial charge in [-0.1, -0.05) is 32.1 Å². The van der Waals surface area contributed by atoms with E-state index in [1.807, 2.05) is 0 Å². The van der Waals surface area contributed by atoms with Crippen molar-refractivity contribution in [3.05, 3.63) is 0 Å². The van der Waals surface area contributed by atoms with Crippen LogP contribution in [0.15, 0.2) is 0 Å². The van der Waals surface area contributed by atoms with Crippen molar-refractivity contribution < 1.29 is 13.2 Å². The Morgan fingerprint density at radius 1 is 0.818 bits per heavy atom. The Labute approximate surface area is 133 Å². The van der Waals surface area contributed by atoms with Crippen molar-refractivity contribution in [2.45, 2.75) is 69.9 Å². The van der Waals surface area contributed by atoms with Crippen molar-refractivity contribution in [1.29, 1.82) is 0 Å². The molecule has 0 spiro atoms. The molecule has 1 saturated heterocycles. The van der Waals surface area contributed by atoms with E-state index in [-0.39, 0.29) is 23.6 Å². The van der Waals surface area contributed by atoms with Crippen LogP contribution >= 0.6 is 0 Å². The summed E-state index contributed by atoms with van der Waals surface area (Å²) in [5, 5.41) is 6.17. The molecule has 0 bridgehead atoms. The van der Waals surface area contributed by atoms with Crippen LogP contribution in [0.4, 0.5) is 4.79 Å². The van der Waals surface area contributed by atoms with E-state index in [9.17, 15) is 13.2 Å². The van der Waals surface area contributed by atoms with E-state index in [0.717, 1.165) is 12.3 Å². The molecule has 2 aliphatic carbocycles. The molecule has 2 N–H and O–H groups in total. The van der Waals surface area contributed by atoms with Crippen LogP contribution in [0.25, 0.3) is 0 Å². The van der Waals surface area contributed by atoms with E-state index in [0.29, 0.717) is 24.8 Å². The van der Waals surface area contributed by atoms with Gasteiger partial charge in [0.15, 0.2) is 0 Å². The maximum absolute atomic E-state index is 12.2. The molecule has 0 aromatic rings. The molecule has 3 unspecified atom stereocenters. The predicted octanol–water partition coefficient (Wildman–Crippen LogP) is 2.22. The first-order chi connectivity index (χ1) is 10.5. The van der Waals surface area contributed by atoms with Gasteiger partial charge in [0.1, 0.15) is 9.84 Å². The van der Waals surface area contributed by atoms with Gasteiger partial charge in [0.25, 0.3) is 0 Å². The summed E-state index contributed by atoms with van der Waals surface area (Å²) in [6.07, 6.45) is 9.94. The molecule has 3 fully saturated rings. The van der Waals surface area contributed by atoms with E-state index < -0.39 is 9.84 Å². The number of urea groups is 1. The van der Waals surface area contributed by atoms with E-state index in [1.54, 1.807) is 0 Å². The van der Waals surface area contributed by atoms with Crippen LogP contribution < -0.4 is 10.6 Å². The largest absolute Gasteiger partial charge is 0.335 e. The van der Waals surface area contributed by atoms with Gasteiger partial charge in [-0.25, -0.2) is 13.2 Å². The summed E-state index contributed by atoms with van der Waals surface area (Å²) < 4.78 is 22.9. The molecule has 3 rings (SSSR count).